The van der Waals surface area contributed by atoms with E-state index in [9.17, 15) is 9.32 Å². The third-order valence-corrected chi connectivity index (χ3v) is 4.65. The standard InChI is InChI=1S/C11H17NO2S/c1-11(2,13)9-15(14,12-3)10-7-5-4-6-8-10/h4-8,13H,9H2,1-3H3. The predicted octanol–water partition coefficient (Wildman–Crippen LogP) is 1.91. The van der Waals surface area contributed by atoms with Gasteiger partial charge in [0.25, 0.3) is 0 Å². The zero-order valence-electron chi connectivity index (χ0n) is 9.30. The topological polar surface area (TPSA) is 49.7 Å². The van der Waals surface area contributed by atoms with E-state index in [0.29, 0.717) is 4.90 Å². The minimum Gasteiger partial charge on any atom is -0.389 e. The van der Waals surface area contributed by atoms with Gasteiger partial charge in [0, 0.05) is 11.9 Å². The molecule has 15 heavy (non-hydrogen) atoms. The van der Waals surface area contributed by atoms with Crippen molar-refractivity contribution >= 4 is 9.73 Å². The highest BCUT2D eigenvalue weighted by atomic mass is 32.2. The molecule has 0 aliphatic rings. The molecule has 0 aliphatic carbocycles. The van der Waals surface area contributed by atoms with Crippen molar-refractivity contribution < 1.29 is 9.32 Å². The van der Waals surface area contributed by atoms with Gasteiger partial charge in [-0.15, -0.1) is 0 Å². The molecule has 1 unspecified atom stereocenters. The Morgan fingerprint density at radius 2 is 1.87 bits per heavy atom. The zero-order chi connectivity index (χ0) is 11.5. The minimum atomic E-state index is -2.49. The normalized spacial score (nSPS) is 15.7. The van der Waals surface area contributed by atoms with E-state index >= 15 is 0 Å². The molecule has 1 rings (SSSR count). The molecule has 0 radical (unpaired) electrons. The lowest BCUT2D eigenvalue weighted by atomic mass is 10.2. The maximum absolute atomic E-state index is 12.4. The Labute approximate surface area is 91.3 Å². The lowest BCUT2D eigenvalue weighted by Gasteiger charge is -2.20. The van der Waals surface area contributed by atoms with Gasteiger partial charge in [0.1, 0.15) is 0 Å². The lowest BCUT2D eigenvalue weighted by Crippen LogP contribution is -2.29. The van der Waals surface area contributed by atoms with Crippen molar-refractivity contribution in [1.29, 1.82) is 0 Å². The minimum absolute atomic E-state index is 0.153. The van der Waals surface area contributed by atoms with Gasteiger partial charge in [-0.1, -0.05) is 18.2 Å². The van der Waals surface area contributed by atoms with Crippen LogP contribution in [0.4, 0.5) is 0 Å². The fraction of sp³-hybridized carbons (Fsp3) is 0.455. The first-order valence-corrected chi connectivity index (χ1v) is 6.46. The molecule has 1 aromatic rings. The molecule has 0 saturated carbocycles. The van der Waals surface area contributed by atoms with Crippen molar-refractivity contribution in [3.8, 4) is 0 Å². The van der Waals surface area contributed by atoms with Crippen LogP contribution in [0.15, 0.2) is 39.6 Å². The Morgan fingerprint density at radius 1 is 1.33 bits per heavy atom. The molecule has 0 aliphatic heterocycles. The van der Waals surface area contributed by atoms with Gasteiger partial charge >= 0.3 is 0 Å². The van der Waals surface area contributed by atoms with Crippen molar-refractivity contribution in [3.05, 3.63) is 30.3 Å². The molecule has 3 nitrogen and oxygen atoms in total. The van der Waals surface area contributed by atoms with Crippen molar-refractivity contribution in [2.75, 3.05) is 12.8 Å². The van der Waals surface area contributed by atoms with Crippen LogP contribution in [0.5, 0.6) is 0 Å². The predicted molar refractivity (Wildman–Crippen MR) is 62.4 cm³/mol. The maximum Gasteiger partial charge on any atom is 0.0777 e. The number of hydrogen-bond acceptors (Lipinski definition) is 3. The van der Waals surface area contributed by atoms with Gasteiger partial charge in [-0.3, -0.25) is 0 Å². The van der Waals surface area contributed by atoms with Crippen LogP contribution < -0.4 is 0 Å². The summed E-state index contributed by atoms with van der Waals surface area (Å²) in [6.45, 7) is 3.28. The largest absolute Gasteiger partial charge is 0.389 e. The average Bonchev–Trinajstić information content (AvgIpc) is 2.16. The number of benzene rings is 1. The molecule has 0 bridgehead atoms. The fourth-order valence-corrected chi connectivity index (χ4v) is 3.41. The molecule has 0 heterocycles. The van der Waals surface area contributed by atoms with Crippen LogP contribution in [0.1, 0.15) is 13.8 Å². The van der Waals surface area contributed by atoms with E-state index in [1.807, 2.05) is 18.2 Å². The van der Waals surface area contributed by atoms with Crippen LogP contribution in [-0.2, 0) is 9.73 Å². The van der Waals surface area contributed by atoms with Gasteiger partial charge < -0.3 is 5.11 Å². The molecule has 4 heteroatoms. The third-order valence-electron chi connectivity index (χ3n) is 1.96. The van der Waals surface area contributed by atoms with Crippen LogP contribution in [0.25, 0.3) is 0 Å². The summed E-state index contributed by atoms with van der Waals surface area (Å²) in [5.74, 6) is 0.153. The smallest absolute Gasteiger partial charge is 0.0777 e. The van der Waals surface area contributed by atoms with Crippen molar-refractivity contribution in [2.24, 2.45) is 4.36 Å². The summed E-state index contributed by atoms with van der Waals surface area (Å²) in [6.07, 6.45) is 0. The van der Waals surface area contributed by atoms with Crippen LogP contribution in [0.3, 0.4) is 0 Å². The SMILES string of the molecule is CN=S(=O)(CC(C)(C)O)c1ccccc1. The number of aliphatic hydroxyl groups is 1. The molecular weight excluding hydrogens is 210 g/mol. The second-order valence-corrected chi connectivity index (χ2v) is 6.50. The third kappa shape index (κ3) is 3.32. The summed E-state index contributed by atoms with van der Waals surface area (Å²) in [7, 11) is -0.960. The molecule has 84 valence electrons. The Balaban J connectivity index is 3.15. The number of nitrogens with zero attached hydrogens (tertiary/aromatic N) is 1. The quantitative estimate of drug-likeness (QED) is 0.857. The van der Waals surface area contributed by atoms with Crippen LogP contribution in [0.2, 0.25) is 0 Å². The van der Waals surface area contributed by atoms with Gasteiger partial charge in [0.2, 0.25) is 0 Å². The summed E-state index contributed by atoms with van der Waals surface area (Å²) in [4.78, 5) is 0.676. The van der Waals surface area contributed by atoms with E-state index in [1.165, 1.54) is 7.05 Å². The van der Waals surface area contributed by atoms with Gasteiger partial charge in [0.15, 0.2) is 0 Å². The molecule has 1 aromatic carbocycles. The van der Waals surface area contributed by atoms with E-state index in [2.05, 4.69) is 4.36 Å². The average molecular weight is 227 g/mol. The van der Waals surface area contributed by atoms with Gasteiger partial charge in [0.05, 0.1) is 21.1 Å². The Hall–Kier alpha value is -0.870. The van der Waals surface area contributed by atoms with Crippen molar-refractivity contribution in [2.45, 2.75) is 24.3 Å². The zero-order valence-corrected chi connectivity index (χ0v) is 10.1. The van der Waals surface area contributed by atoms with E-state index in [1.54, 1.807) is 26.0 Å². The fourth-order valence-electron chi connectivity index (χ4n) is 1.37. The molecule has 1 atom stereocenters. The molecule has 0 fully saturated rings. The number of rotatable bonds is 3. The summed E-state index contributed by atoms with van der Waals surface area (Å²) in [6, 6.07) is 9.07. The van der Waals surface area contributed by atoms with E-state index in [-0.39, 0.29) is 5.75 Å². The second-order valence-electron chi connectivity index (χ2n) is 4.09. The number of hydrogen-bond donors (Lipinski definition) is 1. The first-order valence-electron chi connectivity index (χ1n) is 4.78. The first-order chi connectivity index (χ1) is 6.87. The molecule has 0 aromatic heterocycles. The van der Waals surface area contributed by atoms with Crippen molar-refractivity contribution in [1.82, 2.24) is 0 Å². The molecule has 0 amide bonds. The summed E-state index contributed by atoms with van der Waals surface area (Å²) in [5, 5.41) is 9.71. The lowest BCUT2D eigenvalue weighted by molar-refractivity contribution is 0.105. The summed E-state index contributed by atoms with van der Waals surface area (Å²) >= 11 is 0. The van der Waals surface area contributed by atoms with Gasteiger partial charge in [-0.25, -0.2) is 8.57 Å². The monoisotopic (exact) mass is 227 g/mol. The summed E-state index contributed by atoms with van der Waals surface area (Å²) < 4.78 is 16.4. The van der Waals surface area contributed by atoms with Crippen LogP contribution in [-0.4, -0.2) is 27.7 Å². The Bertz CT molecular complexity index is 426. The van der Waals surface area contributed by atoms with Crippen LogP contribution in [0, 0.1) is 0 Å². The van der Waals surface area contributed by atoms with Crippen LogP contribution >= 0.6 is 0 Å². The highest BCUT2D eigenvalue weighted by Crippen LogP contribution is 2.18. The molecule has 0 saturated heterocycles. The molecule has 0 spiro atoms. The molecule has 1 N–H and O–H groups in total. The van der Waals surface area contributed by atoms with E-state index < -0.39 is 15.3 Å². The second kappa shape index (κ2) is 4.33. The highest BCUT2D eigenvalue weighted by Gasteiger charge is 2.22. The van der Waals surface area contributed by atoms with Gasteiger partial charge in [-0.05, 0) is 26.0 Å². The Morgan fingerprint density at radius 3 is 2.27 bits per heavy atom. The highest BCUT2D eigenvalue weighted by molar-refractivity contribution is 7.93. The van der Waals surface area contributed by atoms with Gasteiger partial charge in [-0.2, -0.15) is 0 Å². The summed E-state index contributed by atoms with van der Waals surface area (Å²) in [5.41, 5.74) is -0.980. The first kappa shape index (κ1) is 12.2. The Kier molecular flexibility index (Phi) is 3.52. The van der Waals surface area contributed by atoms with E-state index in [0.717, 1.165) is 0 Å². The van der Waals surface area contributed by atoms with Crippen molar-refractivity contribution in [3.63, 3.8) is 0 Å². The maximum atomic E-state index is 12.4. The van der Waals surface area contributed by atoms with E-state index in [4.69, 9.17) is 0 Å². The molecular formula is C11H17NO2S.